The molecule has 61 valence electrons. The summed E-state index contributed by atoms with van der Waals surface area (Å²) in [5.41, 5.74) is 1.06. The van der Waals surface area contributed by atoms with E-state index in [-0.39, 0.29) is 11.8 Å². The molecule has 12 heavy (non-hydrogen) atoms. The van der Waals surface area contributed by atoms with Crippen molar-refractivity contribution in [1.82, 2.24) is 5.32 Å². The van der Waals surface area contributed by atoms with E-state index in [2.05, 4.69) is 5.32 Å². The van der Waals surface area contributed by atoms with Crippen molar-refractivity contribution in [1.29, 1.82) is 0 Å². The molecule has 1 heterocycles. The number of hydrogen-bond donors (Lipinski definition) is 0. The molecule has 0 aliphatic carbocycles. The molecule has 2 rings (SSSR count). The van der Waals surface area contributed by atoms with E-state index >= 15 is 0 Å². The van der Waals surface area contributed by atoms with Crippen LogP contribution in [0.15, 0.2) is 18.2 Å². The summed E-state index contributed by atoms with van der Waals surface area (Å²) < 4.78 is 12.6. The summed E-state index contributed by atoms with van der Waals surface area (Å²) in [5.74, 6) is -0.374. The third-order valence-corrected chi connectivity index (χ3v) is 1.80. The van der Waals surface area contributed by atoms with Crippen LogP contribution >= 0.6 is 0 Å². The topological polar surface area (TPSA) is 34.4 Å². The van der Waals surface area contributed by atoms with Gasteiger partial charge in [-0.2, -0.15) is 5.32 Å². The maximum atomic E-state index is 12.6. The molecule has 0 unspecified atom stereocenters. The number of anilines is 1. The summed E-state index contributed by atoms with van der Waals surface area (Å²) in [6, 6.07) is 3.75. The summed E-state index contributed by atoms with van der Waals surface area (Å²) in [5, 5.41) is 3.64. The minimum Gasteiger partial charge on any atom is -0.293 e. The lowest BCUT2D eigenvalue weighted by molar-refractivity contribution is 0.252. The number of benzene rings is 1. The Morgan fingerprint density at radius 3 is 3.00 bits per heavy atom. The van der Waals surface area contributed by atoms with Gasteiger partial charge >= 0.3 is 6.03 Å². The Morgan fingerprint density at radius 1 is 1.50 bits per heavy atom. The van der Waals surface area contributed by atoms with Crippen LogP contribution in [-0.4, -0.2) is 13.1 Å². The smallest absolute Gasteiger partial charge is 0.293 e. The maximum Gasteiger partial charge on any atom is 0.348 e. The minimum absolute atomic E-state index is 0.351. The van der Waals surface area contributed by atoms with Gasteiger partial charge in [0.15, 0.2) is 0 Å². The summed E-state index contributed by atoms with van der Waals surface area (Å²) >= 11 is 0. The van der Waals surface area contributed by atoms with E-state index in [1.807, 2.05) is 0 Å². The first-order chi connectivity index (χ1) is 5.68. The molecular weight excluding hydrogens is 159 g/mol. The second kappa shape index (κ2) is 2.20. The molecule has 0 saturated heterocycles. The molecule has 0 bridgehead atoms. The molecule has 0 spiro atoms. The van der Waals surface area contributed by atoms with Crippen molar-refractivity contribution < 1.29 is 9.18 Å². The third kappa shape index (κ3) is 0.845. The number of carbonyl (C=O) groups is 1. The molecule has 1 aliphatic heterocycles. The van der Waals surface area contributed by atoms with E-state index < -0.39 is 0 Å². The normalized spacial score (nSPS) is 14.5. The van der Waals surface area contributed by atoms with Crippen LogP contribution < -0.4 is 10.2 Å². The zero-order valence-corrected chi connectivity index (χ0v) is 6.41. The predicted octanol–water partition coefficient (Wildman–Crippen LogP) is 1.63. The molecule has 0 aromatic heterocycles. The highest BCUT2D eigenvalue weighted by atomic mass is 19.1. The van der Waals surface area contributed by atoms with E-state index in [1.165, 1.54) is 17.0 Å². The molecule has 1 aromatic rings. The maximum absolute atomic E-state index is 12.6. The van der Waals surface area contributed by atoms with Gasteiger partial charge in [0, 0.05) is 13.1 Å². The van der Waals surface area contributed by atoms with Gasteiger partial charge in [-0.3, -0.25) is 4.90 Å². The Bertz CT molecular complexity index is 351. The fourth-order valence-corrected chi connectivity index (χ4v) is 1.15. The van der Waals surface area contributed by atoms with Crippen molar-refractivity contribution in [2.24, 2.45) is 0 Å². The van der Waals surface area contributed by atoms with Crippen LogP contribution in [0.2, 0.25) is 0 Å². The molecule has 3 nitrogen and oxygen atoms in total. The molecule has 1 radical (unpaired) electrons. The van der Waals surface area contributed by atoms with Gasteiger partial charge < -0.3 is 0 Å². The molecular formula is C8H6FN2O. The van der Waals surface area contributed by atoms with Gasteiger partial charge in [0.25, 0.3) is 0 Å². The number of nitrogens with zero attached hydrogens (tertiary/aromatic N) is 2. The standard InChI is InChI=1S/C8H6FN2O/c1-11-7-3-2-5(9)4-6(7)10-8(11)12/h2-4H,1H3. The van der Waals surface area contributed by atoms with Gasteiger partial charge in [-0.15, -0.1) is 0 Å². The first kappa shape index (κ1) is 7.09. The van der Waals surface area contributed by atoms with Crippen molar-refractivity contribution in [3.63, 3.8) is 0 Å². The molecule has 1 aliphatic rings. The van der Waals surface area contributed by atoms with Crippen molar-refractivity contribution in [2.75, 3.05) is 11.9 Å². The van der Waals surface area contributed by atoms with E-state index in [1.54, 1.807) is 13.1 Å². The van der Waals surface area contributed by atoms with Gasteiger partial charge in [0.1, 0.15) is 5.82 Å². The first-order valence-corrected chi connectivity index (χ1v) is 3.47. The fourth-order valence-electron chi connectivity index (χ4n) is 1.15. The Balaban J connectivity index is 2.54. The van der Waals surface area contributed by atoms with Gasteiger partial charge in [-0.1, -0.05) is 0 Å². The van der Waals surface area contributed by atoms with Crippen LogP contribution in [-0.2, 0) is 0 Å². The third-order valence-electron chi connectivity index (χ3n) is 1.80. The molecule has 2 amide bonds. The van der Waals surface area contributed by atoms with E-state index in [4.69, 9.17) is 0 Å². The number of halogens is 1. The number of urea groups is 1. The summed E-state index contributed by atoms with van der Waals surface area (Å²) in [6.07, 6.45) is 0. The van der Waals surface area contributed by atoms with Crippen molar-refractivity contribution in [2.45, 2.75) is 0 Å². The van der Waals surface area contributed by atoms with Gasteiger partial charge in [-0.25, -0.2) is 9.18 Å². The van der Waals surface area contributed by atoms with Crippen molar-refractivity contribution in [3.8, 4) is 0 Å². The van der Waals surface area contributed by atoms with Crippen molar-refractivity contribution in [3.05, 3.63) is 24.0 Å². The number of fused-ring (bicyclic) bond motifs is 1. The molecule has 0 saturated carbocycles. The Labute approximate surface area is 68.8 Å². The minimum atomic E-state index is -0.374. The predicted molar refractivity (Wildman–Crippen MR) is 42.0 cm³/mol. The lowest BCUT2D eigenvalue weighted by Gasteiger charge is -2.05. The highest BCUT2D eigenvalue weighted by molar-refractivity contribution is 6.03. The number of hydrogen-bond acceptors (Lipinski definition) is 1. The van der Waals surface area contributed by atoms with E-state index in [0.29, 0.717) is 11.4 Å². The molecule has 0 N–H and O–H groups in total. The zero-order chi connectivity index (χ0) is 8.72. The van der Waals surface area contributed by atoms with Crippen LogP contribution in [0, 0.1) is 5.82 Å². The molecule has 0 atom stereocenters. The first-order valence-electron chi connectivity index (χ1n) is 3.47. The van der Waals surface area contributed by atoms with Gasteiger partial charge in [0.2, 0.25) is 0 Å². The fraction of sp³-hybridized carbons (Fsp3) is 0.125. The highest BCUT2D eigenvalue weighted by Gasteiger charge is 2.25. The number of amides is 2. The summed E-state index contributed by atoms with van der Waals surface area (Å²) in [7, 11) is 1.61. The number of carbonyl (C=O) groups excluding carboxylic acids is 1. The van der Waals surface area contributed by atoms with Gasteiger partial charge in [0.05, 0.1) is 11.4 Å². The summed E-state index contributed by atoms with van der Waals surface area (Å²) in [6.45, 7) is 0. The Morgan fingerprint density at radius 2 is 2.25 bits per heavy atom. The second-order valence-corrected chi connectivity index (χ2v) is 2.59. The zero-order valence-electron chi connectivity index (χ0n) is 6.41. The number of rotatable bonds is 0. The van der Waals surface area contributed by atoms with Crippen LogP contribution in [0.5, 0.6) is 0 Å². The van der Waals surface area contributed by atoms with Crippen molar-refractivity contribution >= 4 is 17.4 Å². The average molecular weight is 165 g/mol. The lowest BCUT2D eigenvalue weighted by Crippen LogP contribution is -2.22. The van der Waals surface area contributed by atoms with Crippen LogP contribution in [0.3, 0.4) is 0 Å². The quantitative estimate of drug-likeness (QED) is 0.575. The van der Waals surface area contributed by atoms with Crippen LogP contribution in [0.25, 0.3) is 0 Å². The van der Waals surface area contributed by atoms with Crippen LogP contribution in [0.1, 0.15) is 0 Å². The average Bonchev–Trinajstić information content (AvgIpc) is 2.28. The summed E-state index contributed by atoms with van der Waals surface area (Å²) in [4.78, 5) is 12.4. The molecule has 4 heteroatoms. The molecule has 0 fully saturated rings. The largest absolute Gasteiger partial charge is 0.348 e. The highest BCUT2D eigenvalue weighted by Crippen LogP contribution is 2.31. The lowest BCUT2D eigenvalue weighted by atomic mass is 10.2. The van der Waals surface area contributed by atoms with Gasteiger partial charge in [-0.05, 0) is 12.1 Å². The second-order valence-electron chi connectivity index (χ2n) is 2.59. The van der Waals surface area contributed by atoms with E-state index in [9.17, 15) is 9.18 Å². The van der Waals surface area contributed by atoms with Crippen LogP contribution in [0.4, 0.5) is 20.6 Å². The van der Waals surface area contributed by atoms with E-state index in [0.717, 1.165) is 0 Å². The molecule has 1 aromatic carbocycles. The Hall–Kier alpha value is -1.58. The Kier molecular flexibility index (Phi) is 1.30. The monoisotopic (exact) mass is 165 g/mol. The SMILES string of the molecule is CN1C(=O)[N]c2cc(F)ccc21.